The van der Waals surface area contributed by atoms with Crippen molar-refractivity contribution in [2.45, 2.75) is 26.3 Å². The van der Waals surface area contributed by atoms with Gasteiger partial charge in [0.15, 0.2) is 0 Å². The number of benzene rings is 2. The smallest absolute Gasteiger partial charge is 0.426 e. The summed E-state index contributed by atoms with van der Waals surface area (Å²) in [6.07, 6.45) is -4.77. The minimum Gasteiger partial charge on any atom is -0.450 e. The number of rotatable bonds is 6. The molecule has 0 aromatic heterocycles. The van der Waals surface area contributed by atoms with Crippen molar-refractivity contribution in [2.75, 3.05) is 0 Å². The molecule has 0 saturated heterocycles. The average Bonchev–Trinajstić information content (AvgIpc) is 3.22. The summed E-state index contributed by atoms with van der Waals surface area (Å²) in [6.45, 7) is 3.41. The van der Waals surface area contributed by atoms with Gasteiger partial charge in [0.25, 0.3) is 6.29 Å². The number of ether oxygens (including phenoxy) is 2. The van der Waals surface area contributed by atoms with Crippen molar-refractivity contribution in [3.05, 3.63) is 77.3 Å². The van der Waals surface area contributed by atoms with Gasteiger partial charge in [-0.25, -0.2) is 0 Å². The summed E-state index contributed by atoms with van der Waals surface area (Å²) in [5, 5.41) is -1.23. The molecule has 154 valence electrons. The maximum atomic E-state index is 12.8. The first-order valence-corrected chi connectivity index (χ1v) is 9.40. The van der Waals surface area contributed by atoms with Crippen LogP contribution in [-0.4, -0.2) is 12.1 Å². The van der Waals surface area contributed by atoms with Crippen LogP contribution in [0.25, 0.3) is 0 Å². The summed E-state index contributed by atoms with van der Waals surface area (Å²) < 4.78 is 49.7. The van der Waals surface area contributed by atoms with E-state index in [2.05, 4.69) is 0 Å². The van der Waals surface area contributed by atoms with E-state index in [1.165, 1.54) is 0 Å². The number of halogens is 4. The molecular formula is C22H20ClF3O3. The number of carbonyl (C=O) groups is 1. The number of hydrogen-bond acceptors (Lipinski definition) is 3. The van der Waals surface area contributed by atoms with Gasteiger partial charge in [-0.05, 0) is 23.5 Å². The van der Waals surface area contributed by atoms with E-state index in [0.29, 0.717) is 11.3 Å². The average molecular weight is 425 g/mol. The van der Waals surface area contributed by atoms with Crippen molar-refractivity contribution in [1.29, 1.82) is 0 Å². The van der Waals surface area contributed by atoms with Gasteiger partial charge in [0.05, 0.1) is 5.92 Å². The molecule has 0 N–H and O–H groups in total. The highest BCUT2D eigenvalue weighted by Gasteiger charge is 2.62. The number of hydrogen-bond donors (Lipinski definition) is 0. The second-order valence-electron chi connectivity index (χ2n) is 7.45. The summed E-state index contributed by atoms with van der Waals surface area (Å²) >= 11 is 5.36. The fraction of sp³-hybridized carbons (Fsp3) is 0.318. The van der Waals surface area contributed by atoms with Crippen molar-refractivity contribution in [3.8, 4) is 5.75 Å². The maximum absolute atomic E-state index is 12.8. The van der Waals surface area contributed by atoms with Gasteiger partial charge in [-0.15, -0.1) is 0 Å². The molecule has 1 aliphatic rings. The Morgan fingerprint density at radius 1 is 1.07 bits per heavy atom. The van der Waals surface area contributed by atoms with Gasteiger partial charge in [-0.3, -0.25) is 4.79 Å². The molecule has 1 aliphatic carbocycles. The lowest BCUT2D eigenvalue weighted by Crippen LogP contribution is -2.19. The first kappa shape index (κ1) is 21.2. The van der Waals surface area contributed by atoms with Crippen LogP contribution in [0, 0.1) is 17.3 Å². The van der Waals surface area contributed by atoms with Crippen LogP contribution >= 0.6 is 11.6 Å². The van der Waals surface area contributed by atoms with Gasteiger partial charge in [0.2, 0.25) is 0 Å². The fourth-order valence-corrected chi connectivity index (χ4v) is 3.40. The van der Waals surface area contributed by atoms with Gasteiger partial charge >= 0.3 is 12.1 Å². The molecule has 3 rings (SSSR count). The minimum absolute atomic E-state index is 0.501. The molecule has 3 nitrogen and oxygen atoms in total. The Balaban J connectivity index is 1.78. The van der Waals surface area contributed by atoms with Crippen molar-refractivity contribution in [3.63, 3.8) is 0 Å². The largest absolute Gasteiger partial charge is 0.450 e. The lowest BCUT2D eigenvalue weighted by atomic mass is 10.1. The summed E-state index contributed by atoms with van der Waals surface area (Å²) in [5.41, 5.74) is -0.0835. The van der Waals surface area contributed by atoms with E-state index in [0.717, 1.165) is 6.08 Å². The number of para-hydroxylation sites is 1. The molecule has 0 bridgehead atoms. The zero-order valence-corrected chi connectivity index (χ0v) is 16.6. The molecule has 0 aliphatic heterocycles. The Bertz CT molecular complexity index is 879. The van der Waals surface area contributed by atoms with Crippen molar-refractivity contribution in [1.82, 2.24) is 0 Å². The molecule has 2 aromatic carbocycles. The molecule has 7 heteroatoms. The Labute approximate surface area is 172 Å². The van der Waals surface area contributed by atoms with Crippen molar-refractivity contribution in [2.24, 2.45) is 17.3 Å². The van der Waals surface area contributed by atoms with E-state index in [-0.39, 0.29) is 0 Å². The minimum atomic E-state index is -4.64. The Morgan fingerprint density at radius 2 is 1.62 bits per heavy atom. The Morgan fingerprint density at radius 3 is 2.17 bits per heavy atom. The lowest BCUT2D eigenvalue weighted by Gasteiger charge is -2.20. The van der Waals surface area contributed by atoms with Crippen LogP contribution in [0.3, 0.4) is 0 Å². The number of carbonyl (C=O) groups excluding carboxylic acids is 1. The fourth-order valence-electron chi connectivity index (χ4n) is 3.26. The topological polar surface area (TPSA) is 35.5 Å². The SMILES string of the molecule is CC1(C)[C@H](C(=O)OC(Oc2ccccc2)c2ccccc2)[C@@H]1/C=C(\Cl)C(F)(F)F. The quantitative estimate of drug-likeness (QED) is 0.405. The summed E-state index contributed by atoms with van der Waals surface area (Å²) in [7, 11) is 0. The number of allylic oxidation sites excluding steroid dienone is 2. The van der Waals surface area contributed by atoms with E-state index in [1.54, 1.807) is 62.4 Å². The number of esters is 1. The molecule has 1 saturated carbocycles. The zero-order chi connectivity index (χ0) is 21.2. The predicted octanol–water partition coefficient (Wildman–Crippen LogP) is 6.26. The van der Waals surface area contributed by atoms with Crippen LogP contribution in [0.1, 0.15) is 25.7 Å². The second kappa shape index (κ2) is 8.11. The third-order valence-corrected chi connectivity index (χ3v) is 5.38. The van der Waals surface area contributed by atoms with Crippen LogP contribution in [0.5, 0.6) is 5.75 Å². The van der Waals surface area contributed by atoms with Gasteiger partial charge in [-0.2, -0.15) is 13.2 Å². The third kappa shape index (κ3) is 4.93. The van der Waals surface area contributed by atoms with Gasteiger partial charge in [-0.1, -0.05) is 80.1 Å². The van der Waals surface area contributed by atoms with Crippen molar-refractivity contribution >= 4 is 17.6 Å². The van der Waals surface area contributed by atoms with Crippen LogP contribution in [-0.2, 0) is 9.53 Å². The normalized spacial score (nSPS) is 21.9. The highest BCUT2D eigenvalue weighted by Crippen LogP contribution is 2.60. The first-order chi connectivity index (χ1) is 13.6. The molecule has 0 radical (unpaired) electrons. The second-order valence-corrected chi connectivity index (χ2v) is 7.85. The van der Waals surface area contributed by atoms with E-state index in [4.69, 9.17) is 21.1 Å². The maximum Gasteiger partial charge on any atom is 0.426 e. The molecule has 29 heavy (non-hydrogen) atoms. The van der Waals surface area contributed by atoms with E-state index >= 15 is 0 Å². The van der Waals surface area contributed by atoms with E-state index in [9.17, 15) is 18.0 Å². The molecule has 0 spiro atoms. The van der Waals surface area contributed by atoms with Gasteiger partial charge < -0.3 is 9.47 Å². The Kier molecular flexibility index (Phi) is 5.94. The predicted molar refractivity (Wildman–Crippen MR) is 103 cm³/mol. The van der Waals surface area contributed by atoms with Crippen LogP contribution in [0.15, 0.2) is 71.8 Å². The van der Waals surface area contributed by atoms with Crippen molar-refractivity contribution < 1.29 is 27.4 Å². The summed E-state index contributed by atoms with van der Waals surface area (Å²) in [5.74, 6) is -1.55. The molecule has 1 unspecified atom stereocenters. The van der Waals surface area contributed by atoms with E-state index < -0.39 is 40.7 Å². The molecule has 2 aromatic rings. The lowest BCUT2D eigenvalue weighted by molar-refractivity contribution is -0.167. The summed E-state index contributed by atoms with van der Waals surface area (Å²) in [4.78, 5) is 12.8. The molecular weight excluding hydrogens is 405 g/mol. The van der Waals surface area contributed by atoms with E-state index in [1.807, 2.05) is 12.1 Å². The highest BCUT2D eigenvalue weighted by atomic mass is 35.5. The first-order valence-electron chi connectivity index (χ1n) is 9.02. The Hall–Kier alpha value is -2.47. The third-order valence-electron chi connectivity index (χ3n) is 5.04. The molecule has 3 atom stereocenters. The molecule has 0 amide bonds. The highest BCUT2D eigenvalue weighted by molar-refractivity contribution is 6.30. The standard InChI is InChI=1S/C22H20ClF3O3/c1-21(2)16(13-17(23)22(24,25)26)18(21)19(27)29-20(14-9-5-3-6-10-14)28-15-11-7-4-8-12-15/h3-13,16,18,20H,1-2H3/b17-13-/t16-,18-,20?/m0/s1. The number of alkyl halides is 3. The molecule has 1 fully saturated rings. The van der Waals surface area contributed by atoms with Gasteiger partial charge in [0, 0.05) is 5.56 Å². The monoisotopic (exact) mass is 424 g/mol. The van der Waals surface area contributed by atoms with Crippen LogP contribution in [0.4, 0.5) is 13.2 Å². The zero-order valence-electron chi connectivity index (χ0n) is 15.8. The van der Waals surface area contributed by atoms with Crippen LogP contribution < -0.4 is 4.74 Å². The molecule has 0 heterocycles. The van der Waals surface area contributed by atoms with Crippen LogP contribution in [0.2, 0.25) is 0 Å². The van der Waals surface area contributed by atoms with Gasteiger partial charge in [0.1, 0.15) is 10.8 Å². The summed E-state index contributed by atoms with van der Waals surface area (Å²) in [6, 6.07) is 17.7.